The van der Waals surface area contributed by atoms with Crippen molar-refractivity contribution < 1.29 is 32.7 Å². The molecule has 1 aliphatic rings. The summed E-state index contributed by atoms with van der Waals surface area (Å²) in [7, 11) is -3.54. The molecule has 210 valence electrons. The first-order valence-electron chi connectivity index (χ1n) is 12.5. The molecule has 3 amide bonds. The highest BCUT2D eigenvalue weighted by atomic mass is 32.2. The van der Waals surface area contributed by atoms with E-state index in [-0.39, 0.29) is 12.2 Å². The lowest BCUT2D eigenvalue weighted by Gasteiger charge is -2.35. The summed E-state index contributed by atoms with van der Waals surface area (Å²) in [4.78, 5) is 57.1. The monoisotopic (exact) mass is 558 g/mol. The number of aliphatic carboxylic acids is 1. The number of aromatic nitrogens is 1. The Hall–Kier alpha value is -3.80. The van der Waals surface area contributed by atoms with Gasteiger partial charge in [0, 0.05) is 23.6 Å². The highest BCUT2D eigenvalue weighted by Crippen LogP contribution is 2.26. The molecule has 3 N–H and O–H groups in total. The molecule has 1 aliphatic heterocycles. The molecule has 0 spiro atoms. The number of carbonyl (C=O) groups excluding carboxylic acids is 3. The normalized spacial score (nSPS) is 17.6. The van der Waals surface area contributed by atoms with Crippen molar-refractivity contribution in [3.05, 3.63) is 53.6 Å². The molecule has 0 bridgehead atoms. The van der Waals surface area contributed by atoms with E-state index in [1.165, 1.54) is 4.90 Å². The van der Waals surface area contributed by atoms with Gasteiger partial charge in [-0.2, -0.15) is 0 Å². The number of fused-ring (bicyclic) bond motifs is 1. The van der Waals surface area contributed by atoms with Gasteiger partial charge in [0.05, 0.1) is 18.0 Å². The molecule has 39 heavy (non-hydrogen) atoms. The summed E-state index contributed by atoms with van der Waals surface area (Å²) in [6, 6.07) is 7.74. The predicted octanol–water partition coefficient (Wildman–Crippen LogP) is 1.89. The number of carboxylic acids is 1. The molecule has 1 saturated heterocycles. The Bertz CT molecular complexity index is 1400. The zero-order valence-electron chi connectivity index (χ0n) is 22.4. The number of benzene rings is 1. The van der Waals surface area contributed by atoms with E-state index in [1.807, 2.05) is 18.2 Å². The third kappa shape index (κ3) is 8.09. The van der Waals surface area contributed by atoms with Crippen LogP contribution in [0.1, 0.15) is 50.5 Å². The fraction of sp³-hybridized carbons (Fsp3) is 0.444. The Morgan fingerprint density at radius 1 is 1.13 bits per heavy atom. The minimum atomic E-state index is -3.54. The van der Waals surface area contributed by atoms with Crippen molar-refractivity contribution in [2.24, 2.45) is 5.41 Å². The molecular weight excluding hydrogens is 524 g/mol. The molecule has 0 saturated carbocycles. The van der Waals surface area contributed by atoms with E-state index in [9.17, 15) is 32.7 Å². The van der Waals surface area contributed by atoms with Crippen molar-refractivity contribution in [1.29, 1.82) is 0 Å². The number of hydrogen-bond acceptors (Lipinski definition) is 7. The Kier molecular flexibility index (Phi) is 9.10. The molecule has 0 unspecified atom stereocenters. The van der Waals surface area contributed by atoms with E-state index in [0.717, 1.165) is 23.1 Å². The van der Waals surface area contributed by atoms with Crippen LogP contribution in [0.15, 0.2) is 47.9 Å². The Balaban J connectivity index is 1.79. The highest BCUT2D eigenvalue weighted by Gasteiger charge is 2.42. The Morgan fingerprint density at radius 3 is 2.46 bits per heavy atom. The number of para-hydroxylation sites is 1. The molecule has 12 heteroatoms. The topological polar surface area (TPSA) is 163 Å². The number of rotatable bonds is 9. The van der Waals surface area contributed by atoms with Gasteiger partial charge in [0.15, 0.2) is 9.84 Å². The molecule has 11 nitrogen and oxygen atoms in total. The van der Waals surface area contributed by atoms with Crippen molar-refractivity contribution in [3.63, 3.8) is 0 Å². The SMILES string of the molecule is CC(C)(C)[C@@H](NC(=O)c1ccc2ccccc2n1)C(=O)N1CCC[C@@H]1C(=O)N[C@H](C=CS(C)(=O)=O)CC(=O)O. The van der Waals surface area contributed by atoms with Gasteiger partial charge >= 0.3 is 5.97 Å². The summed E-state index contributed by atoms with van der Waals surface area (Å²) >= 11 is 0. The van der Waals surface area contributed by atoms with E-state index >= 15 is 0 Å². The van der Waals surface area contributed by atoms with Crippen molar-refractivity contribution in [2.75, 3.05) is 12.8 Å². The number of pyridine rings is 1. The smallest absolute Gasteiger partial charge is 0.305 e. The van der Waals surface area contributed by atoms with E-state index < -0.39 is 63.5 Å². The molecule has 3 rings (SSSR count). The standard InChI is InChI=1S/C27H34N4O7S/c1-27(2,3)23(30-24(34)20-12-11-17-8-5-6-9-19(17)29-20)26(36)31-14-7-10-21(31)25(35)28-18(16-22(32)33)13-15-39(4,37)38/h5-6,8-9,11-13,15,18,21,23H,7,10,14,16H2,1-4H3,(H,28,35)(H,30,34)(H,32,33)/t18-,21-,23+/m1/s1. The number of nitrogens with one attached hydrogen (secondary N) is 2. The Morgan fingerprint density at radius 2 is 1.82 bits per heavy atom. The van der Waals surface area contributed by atoms with Gasteiger partial charge in [-0.05, 0) is 30.4 Å². The van der Waals surface area contributed by atoms with E-state index in [4.69, 9.17) is 0 Å². The van der Waals surface area contributed by atoms with Crippen molar-refractivity contribution in [2.45, 2.75) is 58.2 Å². The van der Waals surface area contributed by atoms with Crippen molar-refractivity contribution >= 4 is 44.4 Å². The third-order valence-electron chi connectivity index (χ3n) is 6.34. The zero-order chi connectivity index (χ0) is 29.0. The molecular formula is C27H34N4O7S. The number of carbonyl (C=O) groups is 4. The summed E-state index contributed by atoms with van der Waals surface area (Å²) < 4.78 is 23.0. The van der Waals surface area contributed by atoms with E-state index in [0.29, 0.717) is 18.4 Å². The van der Waals surface area contributed by atoms with Gasteiger partial charge in [-0.25, -0.2) is 13.4 Å². The molecule has 1 aromatic heterocycles. The summed E-state index contributed by atoms with van der Waals surface area (Å²) in [6.45, 7) is 5.67. The molecule has 1 aromatic carbocycles. The number of nitrogens with zero attached hydrogens (tertiary/aromatic N) is 2. The van der Waals surface area contributed by atoms with Gasteiger partial charge in [0.25, 0.3) is 5.91 Å². The van der Waals surface area contributed by atoms with Gasteiger partial charge in [-0.3, -0.25) is 19.2 Å². The largest absolute Gasteiger partial charge is 0.481 e. The van der Waals surface area contributed by atoms with Crippen LogP contribution in [0.25, 0.3) is 10.9 Å². The van der Waals surface area contributed by atoms with Crippen LogP contribution in [-0.2, 0) is 24.2 Å². The lowest BCUT2D eigenvalue weighted by molar-refractivity contribution is -0.142. The average Bonchev–Trinajstić information content (AvgIpc) is 3.34. The first kappa shape index (κ1) is 29.8. The van der Waals surface area contributed by atoms with Crippen LogP contribution in [0.4, 0.5) is 0 Å². The van der Waals surface area contributed by atoms with Crippen LogP contribution in [-0.4, -0.2) is 78.0 Å². The minimum absolute atomic E-state index is 0.153. The van der Waals surface area contributed by atoms with Crippen molar-refractivity contribution in [1.82, 2.24) is 20.5 Å². The zero-order valence-corrected chi connectivity index (χ0v) is 23.2. The van der Waals surface area contributed by atoms with E-state index in [2.05, 4.69) is 15.6 Å². The molecule has 3 atom stereocenters. The maximum atomic E-state index is 13.7. The van der Waals surface area contributed by atoms with Gasteiger partial charge in [-0.15, -0.1) is 0 Å². The van der Waals surface area contributed by atoms with Gasteiger partial charge in [-0.1, -0.05) is 51.1 Å². The maximum Gasteiger partial charge on any atom is 0.305 e. The molecule has 2 heterocycles. The van der Waals surface area contributed by atoms with Crippen LogP contribution in [0.2, 0.25) is 0 Å². The number of sulfone groups is 1. The van der Waals surface area contributed by atoms with Crippen LogP contribution in [0.3, 0.4) is 0 Å². The van der Waals surface area contributed by atoms with Crippen LogP contribution >= 0.6 is 0 Å². The van der Waals surface area contributed by atoms with Crippen LogP contribution < -0.4 is 10.6 Å². The minimum Gasteiger partial charge on any atom is -0.481 e. The lowest BCUT2D eigenvalue weighted by Crippen LogP contribution is -2.58. The Labute approximate surface area is 227 Å². The van der Waals surface area contributed by atoms with Gasteiger partial charge in [0.1, 0.15) is 17.8 Å². The lowest BCUT2D eigenvalue weighted by atomic mass is 9.85. The molecule has 2 aromatic rings. The quantitative estimate of drug-likeness (QED) is 0.420. The average molecular weight is 559 g/mol. The van der Waals surface area contributed by atoms with Crippen LogP contribution in [0, 0.1) is 5.41 Å². The second-order valence-corrected chi connectivity index (χ2v) is 12.7. The van der Waals surface area contributed by atoms with Gasteiger partial charge < -0.3 is 20.6 Å². The molecule has 1 fully saturated rings. The number of likely N-dealkylation sites (tertiary alicyclic amines) is 1. The molecule has 0 aliphatic carbocycles. The number of carboxylic acid groups (broad SMARTS) is 1. The fourth-order valence-electron chi connectivity index (χ4n) is 4.39. The third-order valence-corrected chi connectivity index (χ3v) is 6.99. The second kappa shape index (κ2) is 11.9. The summed E-state index contributed by atoms with van der Waals surface area (Å²) in [5, 5.41) is 16.2. The van der Waals surface area contributed by atoms with Gasteiger partial charge in [0.2, 0.25) is 11.8 Å². The predicted molar refractivity (Wildman–Crippen MR) is 145 cm³/mol. The van der Waals surface area contributed by atoms with Crippen molar-refractivity contribution in [3.8, 4) is 0 Å². The number of hydrogen-bond donors (Lipinski definition) is 3. The number of amides is 3. The first-order chi connectivity index (χ1) is 18.2. The summed E-state index contributed by atoms with van der Waals surface area (Å²) in [6.07, 6.45) is 2.40. The maximum absolute atomic E-state index is 13.7. The fourth-order valence-corrected chi connectivity index (χ4v) is 4.86. The molecule has 0 radical (unpaired) electrons. The summed E-state index contributed by atoms with van der Waals surface area (Å²) in [5.74, 6) is -2.80. The first-order valence-corrected chi connectivity index (χ1v) is 14.5. The van der Waals surface area contributed by atoms with E-state index in [1.54, 1.807) is 39.0 Å². The second-order valence-electron chi connectivity index (χ2n) is 10.7. The van der Waals surface area contributed by atoms with Crippen LogP contribution in [0.5, 0.6) is 0 Å². The summed E-state index contributed by atoms with van der Waals surface area (Å²) in [5.41, 5.74) is 0.0821. The highest BCUT2D eigenvalue weighted by molar-refractivity contribution is 7.93.